The highest BCUT2D eigenvalue weighted by molar-refractivity contribution is 5.49. The molecule has 0 saturated heterocycles. The quantitative estimate of drug-likeness (QED) is 0.670. The second-order valence-electron chi connectivity index (χ2n) is 3.60. The second kappa shape index (κ2) is 5.21. The van der Waals surface area contributed by atoms with Gasteiger partial charge in [0.05, 0.1) is 16.6 Å². The summed E-state index contributed by atoms with van der Waals surface area (Å²) in [5.41, 5.74) is -1.91. The van der Waals surface area contributed by atoms with Crippen LogP contribution in [0.2, 0.25) is 0 Å². The van der Waals surface area contributed by atoms with Crippen LogP contribution in [0.15, 0.2) is 18.2 Å². The van der Waals surface area contributed by atoms with E-state index in [0.29, 0.717) is 12.1 Å². The normalized spacial score (nSPS) is 13.2. The Kier molecular flexibility index (Phi) is 4.12. The van der Waals surface area contributed by atoms with Gasteiger partial charge in [-0.15, -0.1) is 0 Å². The first-order chi connectivity index (χ1) is 8.21. The molecule has 0 aliphatic heterocycles. The SMILES string of the molecule is C[C@@H](O)COc1ccc(C(F)(F)F)cc1[N+](=O)[O-]. The minimum Gasteiger partial charge on any atom is -0.484 e. The van der Waals surface area contributed by atoms with Crippen LogP contribution in [-0.4, -0.2) is 22.7 Å². The Bertz CT molecular complexity index is 445. The third-order valence-corrected chi connectivity index (χ3v) is 1.96. The number of hydrogen-bond donors (Lipinski definition) is 1. The van der Waals surface area contributed by atoms with Crippen LogP contribution in [0.5, 0.6) is 5.75 Å². The summed E-state index contributed by atoms with van der Waals surface area (Å²) in [6.07, 6.45) is -5.54. The molecule has 0 spiro atoms. The number of halogens is 3. The molecule has 0 heterocycles. The Hall–Kier alpha value is -1.83. The van der Waals surface area contributed by atoms with Crippen molar-refractivity contribution in [2.45, 2.75) is 19.2 Å². The Morgan fingerprint density at radius 3 is 2.56 bits per heavy atom. The molecule has 0 amide bonds. The van der Waals surface area contributed by atoms with Gasteiger partial charge in [0, 0.05) is 6.07 Å². The molecule has 1 rings (SSSR count). The zero-order valence-corrected chi connectivity index (χ0v) is 9.27. The molecule has 0 fully saturated rings. The molecule has 100 valence electrons. The van der Waals surface area contributed by atoms with Gasteiger partial charge in [-0.1, -0.05) is 0 Å². The first-order valence-electron chi connectivity index (χ1n) is 4.88. The number of alkyl halides is 3. The first kappa shape index (κ1) is 14.2. The fraction of sp³-hybridized carbons (Fsp3) is 0.400. The summed E-state index contributed by atoms with van der Waals surface area (Å²) in [4.78, 5) is 9.68. The summed E-state index contributed by atoms with van der Waals surface area (Å²) in [5.74, 6) is -0.311. The second-order valence-corrected chi connectivity index (χ2v) is 3.60. The van der Waals surface area contributed by atoms with Crippen LogP contribution in [0.4, 0.5) is 18.9 Å². The maximum Gasteiger partial charge on any atom is 0.416 e. The largest absolute Gasteiger partial charge is 0.484 e. The van der Waals surface area contributed by atoms with Crippen molar-refractivity contribution in [3.8, 4) is 5.75 Å². The molecule has 1 atom stereocenters. The summed E-state index contributed by atoms with van der Waals surface area (Å²) in [7, 11) is 0. The van der Waals surface area contributed by atoms with E-state index in [1.165, 1.54) is 6.92 Å². The Balaban J connectivity index is 3.09. The van der Waals surface area contributed by atoms with Gasteiger partial charge in [-0.05, 0) is 19.1 Å². The van der Waals surface area contributed by atoms with Crippen molar-refractivity contribution in [3.63, 3.8) is 0 Å². The molecule has 5 nitrogen and oxygen atoms in total. The van der Waals surface area contributed by atoms with Crippen LogP contribution in [0.3, 0.4) is 0 Å². The fourth-order valence-electron chi connectivity index (χ4n) is 1.17. The summed E-state index contributed by atoms with van der Waals surface area (Å²) in [6.45, 7) is 1.14. The lowest BCUT2D eigenvalue weighted by Crippen LogP contribution is -2.14. The average Bonchev–Trinajstić information content (AvgIpc) is 2.24. The van der Waals surface area contributed by atoms with Gasteiger partial charge >= 0.3 is 11.9 Å². The van der Waals surface area contributed by atoms with Gasteiger partial charge in [0.15, 0.2) is 5.75 Å². The van der Waals surface area contributed by atoms with E-state index in [2.05, 4.69) is 0 Å². The smallest absolute Gasteiger partial charge is 0.416 e. The van der Waals surface area contributed by atoms with Crippen LogP contribution < -0.4 is 4.74 Å². The van der Waals surface area contributed by atoms with Gasteiger partial charge in [-0.3, -0.25) is 10.1 Å². The molecule has 18 heavy (non-hydrogen) atoms. The van der Waals surface area contributed by atoms with Crippen LogP contribution in [0.25, 0.3) is 0 Å². The van der Waals surface area contributed by atoms with Gasteiger partial charge in [-0.2, -0.15) is 13.2 Å². The Labute approximate surface area is 99.9 Å². The number of ether oxygens (including phenoxy) is 1. The predicted molar refractivity (Wildman–Crippen MR) is 55.3 cm³/mol. The minimum atomic E-state index is -4.66. The van der Waals surface area contributed by atoms with E-state index in [1.54, 1.807) is 0 Å². The van der Waals surface area contributed by atoms with E-state index in [-0.39, 0.29) is 12.4 Å². The van der Waals surface area contributed by atoms with Gasteiger partial charge in [0.2, 0.25) is 0 Å². The number of nitro groups is 1. The van der Waals surface area contributed by atoms with Crippen molar-refractivity contribution in [2.24, 2.45) is 0 Å². The monoisotopic (exact) mass is 265 g/mol. The van der Waals surface area contributed by atoms with E-state index in [4.69, 9.17) is 9.84 Å². The van der Waals surface area contributed by atoms with Crippen molar-refractivity contribution < 1.29 is 27.9 Å². The molecule has 1 aromatic rings. The standard InChI is InChI=1S/C10H10F3NO4/c1-6(15)5-18-9-3-2-7(10(11,12)13)4-8(9)14(16)17/h2-4,6,15H,5H2,1H3/t6-/m1/s1. The van der Waals surface area contributed by atoms with Crippen molar-refractivity contribution in [1.82, 2.24) is 0 Å². The van der Waals surface area contributed by atoms with Crippen LogP contribution in [0, 0.1) is 10.1 Å². The van der Waals surface area contributed by atoms with Crippen LogP contribution >= 0.6 is 0 Å². The number of rotatable bonds is 4. The summed E-state index contributed by atoms with van der Waals surface area (Å²) < 4.78 is 42.0. The molecule has 0 aliphatic carbocycles. The molecule has 0 radical (unpaired) electrons. The Morgan fingerprint density at radius 1 is 1.50 bits per heavy atom. The molecule has 1 aromatic carbocycles. The maximum absolute atomic E-state index is 12.4. The van der Waals surface area contributed by atoms with Crippen LogP contribution in [-0.2, 0) is 6.18 Å². The molecule has 0 bridgehead atoms. The first-order valence-corrected chi connectivity index (χ1v) is 4.88. The van der Waals surface area contributed by atoms with Crippen molar-refractivity contribution >= 4 is 5.69 Å². The van der Waals surface area contributed by atoms with Crippen molar-refractivity contribution in [3.05, 3.63) is 33.9 Å². The van der Waals surface area contributed by atoms with Gasteiger partial charge in [0.1, 0.15) is 6.61 Å². The van der Waals surface area contributed by atoms with E-state index in [9.17, 15) is 23.3 Å². The minimum absolute atomic E-state index is 0.244. The number of aliphatic hydroxyl groups excluding tert-OH is 1. The van der Waals surface area contributed by atoms with E-state index in [0.717, 1.165) is 6.07 Å². The zero-order valence-electron chi connectivity index (χ0n) is 9.27. The van der Waals surface area contributed by atoms with Crippen LogP contribution in [0.1, 0.15) is 12.5 Å². The molecule has 0 aromatic heterocycles. The van der Waals surface area contributed by atoms with E-state index in [1.807, 2.05) is 0 Å². The number of hydrogen-bond acceptors (Lipinski definition) is 4. The third-order valence-electron chi connectivity index (χ3n) is 1.96. The summed E-state index contributed by atoms with van der Waals surface area (Å²) in [6, 6.07) is 1.95. The number of aliphatic hydroxyl groups is 1. The number of nitrogens with zero attached hydrogens (tertiary/aromatic N) is 1. The third kappa shape index (κ3) is 3.59. The molecule has 0 aliphatic rings. The number of nitro benzene ring substituents is 1. The lowest BCUT2D eigenvalue weighted by molar-refractivity contribution is -0.386. The van der Waals surface area contributed by atoms with Gasteiger partial charge < -0.3 is 9.84 Å². The van der Waals surface area contributed by atoms with E-state index >= 15 is 0 Å². The van der Waals surface area contributed by atoms with Gasteiger partial charge in [0.25, 0.3) is 0 Å². The topological polar surface area (TPSA) is 72.6 Å². The summed E-state index contributed by atoms with van der Waals surface area (Å²) in [5, 5.41) is 19.6. The zero-order chi connectivity index (χ0) is 13.9. The molecule has 0 saturated carbocycles. The molecule has 8 heteroatoms. The lowest BCUT2D eigenvalue weighted by atomic mass is 10.2. The highest BCUT2D eigenvalue weighted by atomic mass is 19.4. The molecule has 0 unspecified atom stereocenters. The Morgan fingerprint density at radius 2 is 2.11 bits per heavy atom. The van der Waals surface area contributed by atoms with Crippen molar-refractivity contribution in [2.75, 3.05) is 6.61 Å². The van der Waals surface area contributed by atoms with Gasteiger partial charge in [-0.25, -0.2) is 0 Å². The summed E-state index contributed by atoms with van der Waals surface area (Å²) >= 11 is 0. The van der Waals surface area contributed by atoms with Crippen molar-refractivity contribution in [1.29, 1.82) is 0 Å². The molecular formula is C10H10F3NO4. The highest BCUT2D eigenvalue weighted by Gasteiger charge is 2.33. The predicted octanol–water partition coefficient (Wildman–Crippen LogP) is 2.37. The average molecular weight is 265 g/mol. The molecular weight excluding hydrogens is 255 g/mol. The van der Waals surface area contributed by atoms with E-state index < -0.39 is 28.5 Å². The molecule has 1 N–H and O–H groups in total. The fourth-order valence-corrected chi connectivity index (χ4v) is 1.17. The lowest BCUT2D eigenvalue weighted by Gasteiger charge is -2.11. The number of benzene rings is 1. The highest BCUT2D eigenvalue weighted by Crippen LogP contribution is 2.35. The maximum atomic E-state index is 12.4.